The summed E-state index contributed by atoms with van der Waals surface area (Å²) in [5.41, 5.74) is 8.73. The molecule has 2 unspecified atom stereocenters. The Labute approximate surface area is 299 Å². The van der Waals surface area contributed by atoms with Gasteiger partial charge in [0.1, 0.15) is 12.4 Å². The van der Waals surface area contributed by atoms with Crippen molar-refractivity contribution in [3.63, 3.8) is 0 Å². The summed E-state index contributed by atoms with van der Waals surface area (Å²) in [6, 6.07) is 32.5. The maximum atomic E-state index is 11.4. The van der Waals surface area contributed by atoms with Gasteiger partial charge in [-0.05, 0) is 103 Å². The number of carboxylic acid groups (broad SMARTS) is 2. The summed E-state index contributed by atoms with van der Waals surface area (Å²) in [6.45, 7) is 8.93. The Bertz CT molecular complexity index is 1740. The van der Waals surface area contributed by atoms with Crippen molar-refractivity contribution in [2.24, 2.45) is 0 Å². The van der Waals surface area contributed by atoms with E-state index in [1.165, 1.54) is 11.1 Å². The van der Waals surface area contributed by atoms with Gasteiger partial charge >= 0.3 is 11.9 Å². The quantitative estimate of drug-likeness (QED) is 0.0938. The number of aliphatic carboxylic acids is 2. The number of hydrogen-bond acceptors (Lipinski definition) is 6. The molecule has 4 aromatic carbocycles. The number of rotatable bonds is 19. The first-order chi connectivity index (χ1) is 24.2. The lowest BCUT2D eigenvalue weighted by atomic mass is 9.94. The van der Waals surface area contributed by atoms with Crippen molar-refractivity contribution in [3.05, 3.63) is 131 Å². The molecule has 2 N–H and O–H groups in total. The lowest BCUT2D eigenvalue weighted by Gasteiger charge is -2.13. The molecule has 0 radical (unpaired) electrons. The summed E-state index contributed by atoms with van der Waals surface area (Å²) in [5, 5.41) is 18.7. The van der Waals surface area contributed by atoms with E-state index in [4.69, 9.17) is 14.2 Å². The zero-order chi connectivity index (χ0) is 35.9. The lowest BCUT2D eigenvalue weighted by Crippen LogP contribution is -2.26. The largest absolute Gasteiger partial charge is 0.490 e. The highest BCUT2D eigenvalue weighted by Gasteiger charge is 2.19. The molecule has 262 valence electrons. The molecule has 0 aliphatic carbocycles. The smallest absolute Gasteiger partial charge is 0.333 e. The molecular formula is C42H46O7S. The van der Waals surface area contributed by atoms with Crippen LogP contribution in [0.15, 0.2) is 114 Å². The van der Waals surface area contributed by atoms with Crippen molar-refractivity contribution < 1.29 is 34.0 Å². The normalized spacial score (nSPS) is 13.1. The fraction of sp³-hybridized carbons (Fsp3) is 0.286. The molecule has 0 amide bonds. The predicted molar refractivity (Wildman–Crippen MR) is 202 cm³/mol. The van der Waals surface area contributed by atoms with Crippen LogP contribution in [0.2, 0.25) is 0 Å². The third kappa shape index (κ3) is 11.5. The second-order valence-electron chi connectivity index (χ2n) is 11.8. The molecule has 50 heavy (non-hydrogen) atoms. The minimum atomic E-state index is -0.962. The number of carbonyl (C=O) groups is 2. The number of thioether (sulfide) groups is 1. The van der Waals surface area contributed by atoms with Crippen LogP contribution in [0, 0.1) is 0 Å². The molecule has 4 aromatic rings. The zero-order valence-corrected chi connectivity index (χ0v) is 30.0. The SMILES string of the molecule is CCOC(Cc1ccc(OCC=C(C)c2ccccc2-c2ccc(C(C)=CCSc3ccc(CC(OCC)C(=O)O)cc3)cc2)cc1)C(=O)O. The molecule has 0 fully saturated rings. The molecule has 0 saturated heterocycles. The van der Waals surface area contributed by atoms with Crippen molar-refractivity contribution in [3.8, 4) is 16.9 Å². The Hall–Kier alpha value is -4.63. The summed E-state index contributed by atoms with van der Waals surface area (Å²) >= 11 is 1.74. The summed E-state index contributed by atoms with van der Waals surface area (Å²) in [6.07, 6.45) is 3.28. The third-order valence-corrected chi connectivity index (χ3v) is 9.20. The highest BCUT2D eigenvalue weighted by Crippen LogP contribution is 2.30. The van der Waals surface area contributed by atoms with E-state index in [2.05, 4.69) is 68.5 Å². The van der Waals surface area contributed by atoms with Gasteiger partial charge in [-0.15, -0.1) is 11.8 Å². The van der Waals surface area contributed by atoms with E-state index in [1.807, 2.05) is 54.6 Å². The standard InChI is InChI=1S/C42H46O7S/c1-5-47-39(41(43)44)27-31-11-19-35(20-12-31)49-25-23-30(4)37-9-7-8-10-38(37)34-17-15-33(16-18-34)29(3)24-26-50-36-21-13-32(14-22-36)28-40(42(45)46)48-6-2/h7-24,39-40H,5-6,25-28H2,1-4H3,(H,43,44)(H,45,46). The number of ether oxygens (including phenoxy) is 3. The molecule has 0 bridgehead atoms. The number of hydrogen-bond donors (Lipinski definition) is 2. The van der Waals surface area contributed by atoms with Crippen LogP contribution in [0.25, 0.3) is 22.3 Å². The van der Waals surface area contributed by atoms with E-state index >= 15 is 0 Å². The highest BCUT2D eigenvalue weighted by molar-refractivity contribution is 7.99. The average molecular weight is 695 g/mol. The fourth-order valence-corrected chi connectivity index (χ4v) is 6.31. The lowest BCUT2D eigenvalue weighted by molar-refractivity contribution is -0.150. The van der Waals surface area contributed by atoms with Crippen LogP contribution in [0.4, 0.5) is 0 Å². The molecule has 7 nitrogen and oxygen atoms in total. The van der Waals surface area contributed by atoms with Crippen LogP contribution in [0.5, 0.6) is 5.75 Å². The molecule has 2 atom stereocenters. The van der Waals surface area contributed by atoms with E-state index in [0.29, 0.717) is 38.4 Å². The average Bonchev–Trinajstić information content (AvgIpc) is 3.12. The van der Waals surface area contributed by atoms with Crippen LogP contribution in [0.1, 0.15) is 49.9 Å². The van der Waals surface area contributed by atoms with Gasteiger partial charge in [0.15, 0.2) is 12.2 Å². The fourth-order valence-electron chi connectivity index (χ4n) is 5.45. The monoisotopic (exact) mass is 694 g/mol. The molecule has 0 spiro atoms. The van der Waals surface area contributed by atoms with Crippen LogP contribution >= 0.6 is 11.8 Å². The van der Waals surface area contributed by atoms with E-state index in [0.717, 1.165) is 44.0 Å². The van der Waals surface area contributed by atoms with Gasteiger partial charge in [-0.2, -0.15) is 0 Å². The highest BCUT2D eigenvalue weighted by atomic mass is 32.2. The first-order valence-corrected chi connectivity index (χ1v) is 17.8. The summed E-state index contributed by atoms with van der Waals surface area (Å²) in [7, 11) is 0. The summed E-state index contributed by atoms with van der Waals surface area (Å²) in [4.78, 5) is 23.9. The van der Waals surface area contributed by atoms with Gasteiger partial charge in [-0.3, -0.25) is 0 Å². The van der Waals surface area contributed by atoms with Gasteiger partial charge in [-0.1, -0.05) is 78.9 Å². The van der Waals surface area contributed by atoms with Crippen LogP contribution < -0.4 is 4.74 Å². The predicted octanol–water partition coefficient (Wildman–Crippen LogP) is 9.10. The Morgan fingerprint density at radius 1 is 0.700 bits per heavy atom. The third-order valence-electron chi connectivity index (χ3n) is 8.26. The van der Waals surface area contributed by atoms with Crippen molar-refractivity contribution in [1.29, 1.82) is 0 Å². The van der Waals surface area contributed by atoms with E-state index in [1.54, 1.807) is 25.6 Å². The molecule has 0 aromatic heterocycles. The summed E-state index contributed by atoms with van der Waals surface area (Å²) < 4.78 is 16.6. The van der Waals surface area contributed by atoms with Gasteiger partial charge in [0.25, 0.3) is 0 Å². The Morgan fingerprint density at radius 2 is 1.26 bits per heavy atom. The molecule has 0 heterocycles. The topological polar surface area (TPSA) is 102 Å². The van der Waals surface area contributed by atoms with Gasteiger partial charge in [0.2, 0.25) is 0 Å². The van der Waals surface area contributed by atoms with Crippen LogP contribution in [-0.4, -0.2) is 59.9 Å². The van der Waals surface area contributed by atoms with Gasteiger partial charge in [0.05, 0.1) is 0 Å². The minimum Gasteiger partial charge on any atom is -0.490 e. The first kappa shape index (κ1) is 38.2. The molecule has 0 saturated carbocycles. The van der Waals surface area contributed by atoms with Crippen molar-refractivity contribution in [2.45, 2.75) is 57.6 Å². The number of benzene rings is 4. The second-order valence-corrected chi connectivity index (χ2v) is 12.9. The van der Waals surface area contributed by atoms with Crippen LogP contribution in [0.3, 0.4) is 0 Å². The van der Waals surface area contributed by atoms with E-state index in [9.17, 15) is 19.8 Å². The molecule has 0 aliphatic rings. The van der Waals surface area contributed by atoms with Crippen molar-refractivity contribution >= 4 is 34.8 Å². The molecule has 4 rings (SSSR count). The molecule has 8 heteroatoms. The first-order valence-electron chi connectivity index (χ1n) is 16.8. The maximum absolute atomic E-state index is 11.4. The van der Waals surface area contributed by atoms with Gasteiger partial charge < -0.3 is 24.4 Å². The van der Waals surface area contributed by atoms with Gasteiger partial charge in [0, 0.05) is 36.7 Å². The number of allylic oxidation sites excluding steroid dienone is 2. The second kappa shape index (κ2) is 19.5. The molecule has 0 aliphatic heterocycles. The molecular weight excluding hydrogens is 649 g/mol. The zero-order valence-electron chi connectivity index (χ0n) is 29.1. The summed E-state index contributed by atoms with van der Waals surface area (Å²) in [5.74, 6) is -0.363. The van der Waals surface area contributed by atoms with Gasteiger partial charge in [-0.25, -0.2) is 9.59 Å². The van der Waals surface area contributed by atoms with Crippen molar-refractivity contribution in [2.75, 3.05) is 25.6 Å². The Morgan fingerprint density at radius 3 is 1.82 bits per heavy atom. The van der Waals surface area contributed by atoms with Crippen LogP contribution in [-0.2, 0) is 31.9 Å². The Balaban J connectivity index is 1.32. The van der Waals surface area contributed by atoms with E-state index in [-0.39, 0.29) is 0 Å². The van der Waals surface area contributed by atoms with Crippen molar-refractivity contribution in [1.82, 2.24) is 0 Å². The Kier molecular flexibility index (Phi) is 14.9. The minimum absolute atomic E-state index is 0.306. The van der Waals surface area contributed by atoms with E-state index < -0.39 is 24.1 Å². The maximum Gasteiger partial charge on any atom is 0.333 e. The number of carboxylic acids is 2.